The Morgan fingerprint density at radius 2 is 1.78 bits per heavy atom. The maximum atomic E-state index is 12.9. The van der Waals surface area contributed by atoms with Crippen LogP contribution in [0.2, 0.25) is 5.02 Å². The summed E-state index contributed by atoms with van der Waals surface area (Å²) in [6.45, 7) is 6.07. The van der Waals surface area contributed by atoms with Gasteiger partial charge in [-0.1, -0.05) is 11.6 Å². The summed E-state index contributed by atoms with van der Waals surface area (Å²) in [5.74, 6) is 0.516. The number of hydrogen-bond acceptors (Lipinski definition) is 5. The van der Waals surface area contributed by atoms with Crippen LogP contribution >= 0.6 is 11.6 Å². The third-order valence-corrected chi connectivity index (χ3v) is 5.93. The molecule has 2 unspecified atom stereocenters. The summed E-state index contributed by atoms with van der Waals surface area (Å²) in [7, 11) is -3.63. The fourth-order valence-corrected chi connectivity index (χ4v) is 4.55. The van der Waals surface area contributed by atoms with Crippen molar-refractivity contribution in [2.45, 2.75) is 31.0 Å². The van der Waals surface area contributed by atoms with Crippen molar-refractivity contribution in [3.8, 4) is 0 Å². The van der Waals surface area contributed by atoms with E-state index < -0.39 is 10.0 Å². The SMILES string of the molecule is CC1CN(C2=NCCN2S(=O)(=O)c2ccc(Cl)cc2)CC(C)O1. The van der Waals surface area contributed by atoms with Crippen molar-refractivity contribution in [3.63, 3.8) is 0 Å². The minimum absolute atomic E-state index is 0.0436. The Balaban J connectivity index is 1.87. The van der Waals surface area contributed by atoms with Gasteiger partial charge in [0.15, 0.2) is 0 Å². The molecule has 0 N–H and O–H groups in total. The van der Waals surface area contributed by atoms with Crippen molar-refractivity contribution in [2.75, 3.05) is 26.2 Å². The van der Waals surface area contributed by atoms with Crippen LogP contribution in [-0.2, 0) is 14.8 Å². The van der Waals surface area contributed by atoms with Crippen LogP contribution in [0.15, 0.2) is 34.2 Å². The van der Waals surface area contributed by atoms with Crippen molar-refractivity contribution < 1.29 is 13.2 Å². The molecule has 2 aliphatic heterocycles. The third kappa shape index (κ3) is 3.32. The second kappa shape index (κ2) is 6.30. The molecule has 8 heteroatoms. The molecule has 0 spiro atoms. The highest BCUT2D eigenvalue weighted by Gasteiger charge is 2.36. The molecule has 2 aliphatic rings. The van der Waals surface area contributed by atoms with Crippen LogP contribution in [0.4, 0.5) is 0 Å². The molecule has 1 fully saturated rings. The highest BCUT2D eigenvalue weighted by Crippen LogP contribution is 2.23. The molecule has 0 bridgehead atoms. The Morgan fingerprint density at radius 1 is 1.17 bits per heavy atom. The Hall–Kier alpha value is -1.31. The van der Waals surface area contributed by atoms with Gasteiger partial charge in [-0.25, -0.2) is 12.7 Å². The van der Waals surface area contributed by atoms with Gasteiger partial charge in [-0.3, -0.25) is 4.99 Å². The van der Waals surface area contributed by atoms with E-state index in [2.05, 4.69) is 4.99 Å². The second-order valence-electron chi connectivity index (χ2n) is 5.88. The summed E-state index contributed by atoms with van der Waals surface area (Å²) in [6, 6.07) is 6.22. The van der Waals surface area contributed by atoms with Crippen molar-refractivity contribution in [1.29, 1.82) is 0 Å². The second-order valence-corrected chi connectivity index (χ2v) is 8.17. The van der Waals surface area contributed by atoms with E-state index in [1.807, 2.05) is 18.7 Å². The average Bonchev–Trinajstić information content (AvgIpc) is 2.97. The normalized spacial score (nSPS) is 25.6. The van der Waals surface area contributed by atoms with E-state index in [0.717, 1.165) is 0 Å². The number of rotatable bonds is 2. The topological polar surface area (TPSA) is 62.2 Å². The van der Waals surface area contributed by atoms with E-state index >= 15 is 0 Å². The number of hydrogen-bond donors (Lipinski definition) is 0. The summed E-state index contributed by atoms with van der Waals surface area (Å²) >= 11 is 5.85. The van der Waals surface area contributed by atoms with E-state index in [0.29, 0.717) is 37.2 Å². The fourth-order valence-electron chi connectivity index (χ4n) is 2.98. The minimum atomic E-state index is -3.63. The summed E-state index contributed by atoms with van der Waals surface area (Å²) in [4.78, 5) is 6.65. The lowest BCUT2D eigenvalue weighted by atomic mass is 10.2. The maximum Gasteiger partial charge on any atom is 0.266 e. The van der Waals surface area contributed by atoms with Gasteiger partial charge in [-0.05, 0) is 38.1 Å². The molecule has 1 saturated heterocycles. The molecule has 2 heterocycles. The standard InChI is InChI=1S/C15H20ClN3O3S/c1-11-9-18(10-12(2)22-11)15-17-7-8-19(15)23(20,21)14-5-3-13(16)4-6-14/h3-6,11-12H,7-10H2,1-2H3. The van der Waals surface area contributed by atoms with E-state index in [-0.39, 0.29) is 17.1 Å². The number of aliphatic imine (C=N–C) groups is 1. The first-order valence-corrected chi connectivity index (χ1v) is 9.43. The number of guanidine groups is 1. The lowest BCUT2D eigenvalue weighted by molar-refractivity contribution is -0.0496. The summed E-state index contributed by atoms with van der Waals surface area (Å²) < 4.78 is 32.9. The van der Waals surface area contributed by atoms with E-state index in [9.17, 15) is 8.42 Å². The molecule has 1 aromatic rings. The highest BCUT2D eigenvalue weighted by molar-refractivity contribution is 7.89. The van der Waals surface area contributed by atoms with Gasteiger partial charge in [0.05, 0.1) is 30.2 Å². The van der Waals surface area contributed by atoms with Gasteiger partial charge in [0.1, 0.15) is 0 Å². The molecule has 2 atom stereocenters. The summed E-state index contributed by atoms with van der Waals surface area (Å²) in [6.07, 6.45) is 0.0873. The van der Waals surface area contributed by atoms with Crippen LogP contribution in [-0.4, -0.2) is 62.0 Å². The zero-order chi connectivity index (χ0) is 16.6. The third-order valence-electron chi connectivity index (χ3n) is 3.88. The Bertz CT molecular complexity index is 695. The average molecular weight is 358 g/mol. The van der Waals surface area contributed by atoms with Crippen LogP contribution < -0.4 is 0 Å². The number of halogens is 1. The van der Waals surface area contributed by atoms with Crippen molar-refractivity contribution in [1.82, 2.24) is 9.21 Å². The molecular weight excluding hydrogens is 338 g/mol. The number of benzene rings is 1. The highest BCUT2D eigenvalue weighted by atomic mass is 35.5. The molecule has 23 heavy (non-hydrogen) atoms. The summed E-state index contributed by atoms with van der Waals surface area (Å²) in [5, 5.41) is 0.509. The quantitative estimate of drug-likeness (QED) is 0.809. The van der Waals surface area contributed by atoms with Gasteiger partial charge in [0, 0.05) is 18.1 Å². The first-order chi connectivity index (χ1) is 10.9. The molecular formula is C15H20ClN3O3S. The van der Waals surface area contributed by atoms with Crippen LogP contribution in [0, 0.1) is 0 Å². The molecule has 0 radical (unpaired) electrons. The smallest absolute Gasteiger partial charge is 0.266 e. The van der Waals surface area contributed by atoms with Gasteiger partial charge >= 0.3 is 0 Å². The van der Waals surface area contributed by atoms with Crippen LogP contribution in [0.25, 0.3) is 0 Å². The van der Waals surface area contributed by atoms with Crippen molar-refractivity contribution in [3.05, 3.63) is 29.3 Å². The zero-order valence-electron chi connectivity index (χ0n) is 13.1. The largest absolute Gasteiger partial charge is 0.372 e. The van der Waals surface area contributed by atoms with Gasteiger partial charge in [-0.2, -0.15) is 0 Å². The lowest BCUT2D eigenvalue weighted by Crippen LogP contribution is -2.53. The Kier molecular flexibility index (Phi) is 4.53. The predicted octanol–water partition coefficient (Wildman–Crippen LogP) is 1.81. The monoisotopic (exact) mass is 357 g/mol. The Morgan fingerprint density at radius 3 is 2.39 bits per heavy atom. The van der Waals surface area contributed by atoms with Gasteiger partial charge in [-0.15, -0.1) is 0 Å². The molecule has 3 rings (SSSR count). The van der Waals surface area contributed by atoms with Crippen LogP contribution in [0.3, 0.4) is 0 Å². The van der Waals surface area contributed by atoms with Gasteiger partial charge in [0.2, 0.25) is 5.96 Å². The van der Waals surface area contributed by atoms with E-state index in [4.69, 9.17) is 16.3 Å². The molecule has 0 saturated carbocycles. The van der Waals surface area contributed by atoms with Crippen molar-refractivity contribution >= 4 is 27.6 Å². The summed E-state index contributed by atoms with van der Waals surface area (Å²) in [5.41, 5.74) is 0. The van der Waals surface area contributed by atoms with E-state index in [1.165, 1.54) is 16.4 Å². The molecule has 126 valence electrons. The number of nitrogens with zero attached hydrogens (tertiary/aromatic N) is 3. The van der Waals surface area contributed by atoms with Gasteiger partial charge < -0.3 is 9.64 Å². The fraction of sp³-hybridized carbons (Fsp3) is 0.533. The molecule has 0 aromatic heterocycles. The number of sulfonamides is 1. The Labute approximate surface area is 141 Å². The first kappa shape index (κ1) is 16.5. The van der Waals surface area contributed by atoms with Crippen molar-refractivity contribution in [2.24, 2.45) is 4.99 Å². The molecule has 6 nitrogen and oxygen atoms in total. The molecule has 0 amide bonds. The van der Waals surface area contributed by atoms with Crippen LogP contribution in [0.1, 0.15) is 13.8 Å². The molecule has 1 aromatic carbocycles. The minimum Gasteiger partial charge on any atom is -0.372 e. The first-order valence-electron chi connectivity index (χ1n) is 7.61. The zero-order valence-corrected chi connectivity index (χ0v) is 14.7. The molecule has 0 aliphatic carbocycles. The van der Waals surface area contributed by atoms with Gasteiger partial charge in [0.25, 0.3) is 10.0 Å². The lowest BCUT2D eigenvalue weighted by Gasteiger charge is -2.38. The maximum absolute atomic E-state index is 12.9. The number of ether oxygens (including phenoxy) is 1. The predicted molar refractivity (Wildman–Crippen MR) is 89.2 cm³/mol. The van der Waals surface area contributed by atoms with Crippen LogP contribution in [0.5, 0.6) is 0 Å². The number of morpholine rings is 1. The van der Waals surface area contributed by atoms with E-state index in [1.54, 1.807) is 12.1 Å².